The zero-order chi connectivity index (χ0) is 22.0. The minimum absolute atomic E-state index is 0.232. The molecule has 0 bridgehead atoms. The maximum absolute atomic E-state index is 14.7. The summed E-state index contributed by atoms with van der Waals surface area (Å²) in [6.07, 6.45) is 7.21. The van der Waals surface area contributed by atoms with Gasteiger partial charge in [-0.15, -0.1) is 0 Å². The average molecular weight is 429 g/mol. The Morgan fingerprint density at radius 2 is 1.72 bits per heavy atom. The highest BCUT2D eigenvalue weighted by Gasteiger charge is 2.25. The van der Waals surface area contributed by atoms with Crippen molar-refractivity contribution in [3.05, 3.63) is 77.5 Å². The van der Waals surface area contributed by atoms with Crippen molar-refractivity contribution < 1.29 is 17.8 Å². The molecule has 4 heteroatoms. The van der Waals surface area contributed by atoms with E-state index in [0.717, 1.165) is 28.3 Å². The maximum Gasteiger partial charge on any atom is 0.224 e. The number of hydrogen-bond donors (Lipinski definition) is 0. The number of nitrogens with zero attached hydrogens (tertiary/aromatic N) is 1. The van der Waals surface area contributed by atoms with Crippen molar-refractivity contribution in [3.63, 3.8) is 0 Å². The van der Waals surface area contributed by atoms with Crippen molar-refractivity contribution in [2.75, 3.05) is 0 Å². The zero-order valence-electron chi connectivity index (χ0n) is 18.2. The van der Waals surface area contributed by atoms with Crippen LogP contribution in [-0.4, -0.2) is 0 Å². The van der Waals surface area contributed by atoms with Gasteiger partial charge in [-0.2, -0.15) is 0 Å². The third kappa shape index (κ3) is 2.85. The van der Waals surface area contributed by atoms with Crippen LogP contribution in [0.3, 0.4) is 0 Å². The van der Waals surface area contributed by atoms with Crippen LogP contribution in [0.15, 0.2) is 59.1 Å². The van der Waals surface area contributed by atoms with E-state index in [-0.39, 0.29) is 5.58 Å². The summed E-state index contributed by atoms with van der Waals surface area (Å²) in [5.41, 5.74) is 5.19. The first-order chi connectivity index (χ1) is 15.5. The third-order valence-corrected chi connectivity index (χ3v) is 7.09. The molecule has 0 N–H and O–H groups in total. The highest BCUT2D eigenvalue weighted by molar-refractivity contribution is 6.12. The Morgan fingerprint density at radius 3 is 2.53 bits per heavy atom. The van der Waals surface area contributed by atoms with Gasteiger partial charge in [-0.05, 0) is 48.3 Å². The normalized spacial score (nSPS) is 14.9. The molecule has 160 valence electrons. The molecule has 32 heavy (non-hydrogen) atoms. The van der Waals surface area contributed by atoms with Gasteiger partial charge in [0.2, 0.25) is 5.69 Å². The van der Waals surface area contributed by atoms with Gasteiger partial charge in [0.1, 0.15) is 29.8 Å². The SMILES string of the molecule is Cc1ccc2c(oc3cc(F)cc(F)c32)c1-c1c2ccc(C3CCCC3)cc2cc[n+]1C. The van der Waals surface area contributed by atoms with Crippen molar-refractivity contribution >= 4 is 32.7 Å². The summed E-state index contributed by atoms with van der Waals surface area (Å²) in [6.45, 7) is 2.03. The molecule has 6 rings (SSSR count). The Balaban J connectivity index is 1.66. The van der Waals surface area contributed by atoms with E-state index in [1.807, 2.05) is 26.1 Å². The van der Waals surface area contributed by atoms with Crippen molar-refractivity contribution in [3.8, 4) is 11.3 Å². The molecule has 2 nitrogen and oxygen atoms in total. The number of furan rings is 1. The number of aryl methyl sites for hydroxylation is 2. The predicted molar refractivity (Wildman–Crippen MR) is 124 cm³/mol. The summed E-state index contributed by atoms with van der Waals surface area (Å²) >= 11 is 0. The van der Waals surface area contributed by atoms with Crippen LogP contribution in [0.25, 0.3) is 44.0 Å². The number of hydrogen-bond acceptors (Lipinski definition) is 1. The molecule has 1 aliphatic carbocycles. The van der Waals surface area contributed by atoms with Gasteiger partial charge in [0, 0.05) is 23.6 Å². The topological polar surface area (TPSA) is 17.0 Å². The fourth-order valence-corrected chi connectivity index (χ4v) is 5.50. The number of aromatic nitrogens is 1. The second-order valence-electron chi connectivity index (χ2n) is 9.10. The molecule has 1 saturated carbocycles. The zero-order valence-corrected chi connectivity index (χ0v) is 18.2. The van der Waals surface area contributed by atoms with Crippen molar-refractivity contribution in [2.45, 2.75) is 38.5 Å². The average Bonchev–Trinajstić information content (AvgIpc) is 3.42. The van der Waals surface area contributed by atoms with Crippen molar-refractivity contribution in [2.24, 2.45) is 7.05 Å². The van der Waals surface area contributed by atoms with Crippen LogP contribution in [0.2, 0.25) is 0 Å². The van der Waals surface area contributed by atoms with E-state index in [2.05, 4.69) is 35.0 Å². The summed E-state index contributed by atoms with van der Waals surface area (Å²) in [4.78, 5) is 0. The first-order valence-electron chi connectivity index (χ1n) is 11.2. The van der Waals surface area contributed by atoms with Gasteiger partial charge in [0.05, 0.1) is 16.3 Å². The fourth-order valence-electron chi connectivity index (χ4n) is 5.50. The second-order valence-corrected chi connectivity index (χ2v) is 9.10. The van der Waals surface area contributed by atoms with Crippen LogP contribution in [0.5, 0.6) is 0 Å². The summed E-state index contributed by atoms with van der Waals surface area (Å²) in [5.74, 6) is -0.588. The Morgan fingerprint density at radius 1 is 0.938 bits per heavy atom. The van der Waals surface area contributed by atoms with Gasteiger partial charge in [0.15, 0.2) is 6.20 Å². The summed E-state index contributed by atoms with van der Waals surface area (Å²) in [7, 11) is 2.01. The number of pyridine rings is 1. The second kappa shape index (κ2) is 7.13. The van der Waals surface area contributed by atoms with E-state index >= 15 is 0 Å². The number of benzene rings is 3. The quantitative estimate of drug-likeness (QED) is 0.266. The minimum atomic E-state index is -0.637. The molecule has 0 amide bonds. The summed E-state index contributed by atoms with van der Waals surface area (Å²) in [5, 5.41) is 3.30. The summed E-state index contributed by atoms with van der Waals surface area (Å²) < 4.78 is 36.7. The molecule has 2 aromatic heterocycles. The molecule has 0 saturated heterocycles. The summed E-state index contributed by atoms with van der Waals surface area (Å²) in [6, 6.07) is 15.0. The van der Waals surface area contributed by atoms with E-state index in [1.165, 1.54) is 42.7 Å². The number of rotatable bonds is 2. The first kappa shape index (κ1) is 19.4. The van der Waals surface area contributed by atoms with Gasteiger partial charge in [0.25, 0.3) is 0 Å². The van der Waals surface area contributed by atoms with Gasteiger partial charge >= 0.3 is 0 Å². The van der Waals surface area contributed by atoms with Crippen LogP contribution in [-0.2, 0) is 7.05 Å². The molecular formula is C28H24F2NO+. The van der Waals surface area contributed by atoms with Crippen LogP contribution < -0.4 is 4.57 Å². The minimum Gasteiger partial charge on any atom is -0.455 e. The lowest BCUT2D eigenvalue weighted by Crippen LogP contribution is -2.30. The van der Waals surface area contributed by atoms with Crippen LogP contribution in [0.4, 0.5) is 8.78 Å². The van der Waals surface area contributed by atoms with Gasteiger partial charge in [-0.1, -0.05) is 37.1 Å². The molecule has 2 heterocycles. The van der Waals surface area contributed by atoms with E-state index in [9.17, 15) is 8.78 Å². The van der Waals surface area contributed by atoms with Gasteiger partial charge < -0.3 is 4.42 Å². The fraction of sp³-hybridized carbons (Fsp3) is 0.250. The van der Waals surface area contributed by atoms with E-state index in [4.69, 9.17) is 4.42 Å². The third-order valence-electron chi connectivity index (χ3n) is 7.09. The Kier molecular flexibility index (Phi) is 4.32. The molecule has 0 radical (unpaired) electrons. The molecule has 5 aromatic rings. The predicted octanol–water partition coefficient (Wildman–Crippen LogP) is 7.47. The lowest BCUT2D eigenvalue weighted by molar-refractivity contribution is -0.659. The highest BCUT2D eigenvalue weighted by Crippen LogP contribution is 2.41. The van der Waals surface area contributed by atoms with Crippen LogP contribution >= 0.6 is 0 Å². The number of halogens is 2. The lowest BCUT2D eigenvalue weighted by atomic mass is 9.92. The Bertz CT molecular complexity index is 1530. The molecule has 0 unspecified atom stereocenters. The molecule has 3 aromatic carbocycles. The highest BCUT2D eigenvalue weighted by atomic mass is 19.1. The Hall–Kier alpha value is -3.27. The lowest BCUT2D eigenvalue weighted by Gasteiger charge is -2.12. The molecule has 1 fully saturated rings. The molecule has 0 atom stereocenters. The molecule has 0 spiro atoms. The number of fused-ring (bicyclic) bond motifs is 4. The first-order valence-corrected chi connectivity index (χ1v) is 11.2. The molecular weight excluding hydrogens is 404 g/mol. The smallest absolute Gasteiger partial charge is 0.224 e. The monoisotopic (exact) mass is 428 g/mol. The maximum atomic E-state index is 14.7. The largest absolute Gasteiger partial charge is 0.455 e. The van der Waals surface area contributed by atoms with Crippen LogP contribution in [0, 0.1) is 18.6 Å². The standard InChI is InChI=1S/C28H24F2NO/c1-16-7-9-22-26-23(30)14-20(29)15-24(26)32-28(22)25(16)27-21-10-8-18(17-5-3-4-6-17)13-19(21)11-12-31(27)2/h7-15,17H,3-6H2,1-2H3/q+1. The molecule has 0 aliphatic heterocycles. The molecule has 1 aliphatic rings. The van der Waals surface area contributed by atoms with E-state index in [1.54, 1.807) is 0 Å². The Labute approximate surface area is 185 Å². The van der Waals surface area contributed by atoms with Crippen molar-refractivity contribution in [1.82, 2.24) is 0 Å². The van der Waals surface area contributed by atoms with Gasteiger partial charge in [-0.3, -0.25) is 0 Å². The van der Waals surface area contributed by atoms with E-state index < -0.39 is 11.6 Å². The van der Waals surface area contributed by atoms with Crippen molar-refractivity contribution in [1.29, 1.82) is 0 Å². The van der Waals surface area contributed by atoms with Crippen LogP contribution in [0.1, 0.15) is 42.7 Å². The van der Waals surface area contributed by atoms with E-state index in [0.29, 0.717) is 22.3 Å². The van der Waals surface area contributed by atoms with Gasteiger partial charge in [-0.25, -0.2) is 13.3 Å².